The van der Waals surface area contributed by atoms with Gasteiger partial charge in [-0.05, 0) is 47.6 Å². The molecule has 0 radical (unpaired) electrons. The fourth-order valence-electron chi connectivity index (χ4n) is 7.45. The number of fused-ring (bicyclic) bond motifs is 6. The summed E-state index contributed by atoms with van der Waals surface area (Å²) in [6.07, 6.45) is 0. The maximum atomic E-state index is 14.4. The molecule has 7 rings (SSSR count). The molecule has 1 saturated carbocycles. The average Bonchev–Trinajstić information content (AvgIpc) is 3.38. The first-order valence-corrected chi connectivity index (χ1v) is 12.7. The van der Waals surface area contributed by atoms with Crippen LogP contribution in [0, 0.1) is 22.7 Å². The van der Waals surface area contributed by atoms with Crippen LogP contribution < -0.4 is 4.90 Å². The van der Waals surface area contributed by atoms with Crippen LogP contribution in [0.4, 0.5) is 5.69 Å². The number of hydrogen-bond acceptors (Lipinski definition) is 3. The second-order valence-electron chi connectivity index (χ2n) is 10.7. The van der Waals surface area contributed by atoms with Crippen molar-refractivity contribution in [2.24, 2.45) is 22.7 Å². The zero-order chi connectivity index (χ0) is 25.5. The van der Waals surface area contributed by atoms with Crippen molar-refractivity contribution in [1.29, 1.82) is 0 Å². The van der Waals surface area contributed by atoms with E-state index < -0.39 is 22.7 Å². The van der Waals surface area contributed by atoms with Crippen LogP contribution in [0.2, 0.25) is 0 Å². The maximum Gasteiger partial charge on any atom is 0.239 e. The van der Waals surface area contributed by atoms with Gasteiger partial charge in [0.1, 0.15) is 0 Å². The number of anilines is 1. The Balaban J connectivity index is 1.49. The Kier molecular flexibility index (Phi) is 4.36. The first-order valence-electron chi connectivity index (χ1n) is 12.7. The summed E-state index contributed by atoms with van der Waals surface area (Å²) >= 11 is 0. The van der Waals surface area contributed by atoms with E-state index in [2.05, 4.69) is 0 Å². The third-order valence-corrected chi connectivity index (χ3v) is 8.91. The molecule has 0 spiro atoms. The molecule has 2 aliphatic carbocycles. The highest BCUT2D eigenvalue weighted by molar-refractivity contribution is 6.35. The molecule has 3 aliphatic rings. The Hall–Kier alpha value is -4.31. The highest BCUT2D eigenvalue weighted by Gasteiger charge is 2.78. The molecule has 37 heavy (non-hydrogen) atoms. The third kappa shape index (κ3) is 2.55. The monoisotopic (exact) mass is 483 g/mol. The number of carbonyl (C=O) groups is 3. The van der Waals surface area contributed by atoms with Gasteiger partial charge in [0, 0.05) is 5.39 Å². The molecular weight excluding hydrogens is 458 g/mol. The quantitative estimate of drug-likeness (QED) is 0.328. The first kappa shape index (κ1) is 21.9. The number of amides is 2. The molecule has 1 heterocycles. The summed E-state index contributed by atoms with van der Waals surface area (Å²) in [5.74, 6) is -2.11. The van der Waals surface area contributed by atoms with Gasteiger partial charge >= 0.3 is 0 Å². The normalized spacial score (nSPS) is 28.5. The molecule has 1 saturated heterocycles. The van der Waals surface area contributed by atoms with Gasteiger partial charge in [-0.3, -0.25) is 14.4 Å². The Morgan fingerprint density at radius 1 is 0.568 bits per heavy atom. The highest BCUT2D eigenvalue weighted by atomic mass is 16.2. The van der Waals surface area contributed by atoms with E-state index in [0.29, 0.717) is 5.69 Å². The molecule has 2 amide bonds. The van der Waals surface area contributed by atoms with Crippen LogP contribution in [-0.2, 0) is 14.4 Å². The van der Waals surface area contributed by atoms with E-state index in [1.165, 1.54) is 4.90 Å². The van der Waals surface area contributed by atoms with Crippen molar-refractivity contribution in [2.75, 3.05) is 4.90 Å². The van der Waals surface area contributed by atoms with Gasteiger partial charge in [0.25, 0.3) is 0 Å². The lowest BCUT2D eigenvalue weighted by atomic mass is 9.63. The molecular formula is C33H25NO3. The van der Waals surface area contributed by atoms with Crippen molar-refractivity contribution >= 4 is 45.2 Å². The van der Waals surface area contributed by atoms with E-state index in [1.54, 1.807) is 0 Å². The van der Waals surface area contributed by atoms with Crippen LogP contribution in [-0.4, -0.2) is 17.6 Å². The van der Waals surface area contributed by atoms with Crippen molar-refractivity contribution in [1.82, 2.24) is 0 Å². The molecule has 4 nitrogen and oxygen atoms in total. The Bertz CT molecular complexity index is 1580. The van der Waals surface area contributed by atoms with Crippen LogP contribution in [0.25, 0.3) is 21.9 Å². The van der Waals surface area contributed by atoms with Gasteiger partial charge in [-0.25, -0.2) is 4.90 Å². The lowest BCUT2D eigenvalue weighted by Gasteiger charge is -2.35. The van der Waals surface area contributed by atoms with E-state index in [-0.39, 0.29) is 17.6 Å². The number of rotatable bonds is 3. The minimum atomic E-state index is -1.11. The Morgan fingerprint density at radius 3 is 1.57 bits per heavy atom. The summed E-state index contributed by atoms with van der Waals surface area (Å²) in [6.45, 7) is 3.77. The van der Waals surface area contributed by atoms with Crippen LogP contribution in [0.1, 0.15) is 25.0 Å². The van der Waals surface area contributed by atoms with Crippen molar-refractivity contribution in [3.05, 3.63) is 114 Å². The Morgan fingerprint density at radius 2 is 1.03 bits per heavy atom. The van der Waals surface area contributed by atoms with Gasteiger partial charge in [0.2, 0.25) is 11.8 Å². The third-order valence-electron chi connectivity index (χ3n) is 8.91. The molecule has 4 aromatic rings. The van der Waals surface area contributed by atoms with Crippen LogP contribution in [0.5, 0.6) is 0 Å². The minimum absolute atomic E-state index is 0.0352. The van der Waals surface area contributed by atoms with Crippen LogP contribution >= 0.6 is 0 Å². The lowest BCUT2D eigenvalue weighted by molar-refractivity contribution is -0.133. The molecule has 1 aliphatic heterocycles. The fraction of sp³-hybridized carbons (Fsp3) is 0.182. The van der Waals surface area contributed by atoms with E-state index in [9.17, 15) is 14.4 Å². The highest BCUT2D eigenvalue weighted by Crippen LogP contribution is 2.73. The van der Waals surface area contributed by atoms with E-state index in [4.69, 9.17) is 0 Å². The standard InChI is InChI=1S/C33H25NO3/c1-32-25(21-13-5-3-6-14-21)26(22-15-7-4-8-16-22)33(2,31(32)37)28-27(32)29(35)34(30(28)36)24-19-11-17-20-12-9-10-18-23(20)24/h3-19,27-28H,1-2H3/t27-,28-,32-,33-/m0/s1. The van der Waals surface area contributed by atoms with Crippen molar-refractivity contribution < 1.29 is 14.4 Å². The number of allylic oxidation sites excluding steroid dienone is 2. The van der Waals surface area contributed by atoms with Gasteiger partial charge in [0.05, 0.1) is 28.4 Å². The summed E-state index contributed by atoms with van der Waals surface area (Å²) < 4.78 is 0. The van der Waals surface area contributed by atoms with Gasteiger partial charge in [-0.1, -0.05) is 97.1 Å². The molecule has 0 N–H and O–H groups in total. The summed E-state index contributed by atoms with van der Waals surface area (Å²) in [6, 6.07) is 33.1. The maximum absolute atomic E-state index is 14.4. The molecule has 2 fully saturated rings. The van der Waals surface area contributed by atoms with Gasteiger partial charge in [-0.2, -0.15) is 0 Å². The summed E-state index contributed by atoms with van der Waals surface area (Å²) in [5.41, 5.74) is 1.94. The van der Waals surface area contributed by atoms with Crippen LogP contribution in [0.15, 0.2) is 103 Å². The number of Topliss-reactive ketones (excluding diaryl/α,β-unsaturated/α-hetero) is 1. The predicted molar refractivity (Wildman–Crippen MR) is 144 cm³/mol. The van der Waals surface area contributed by atoms with Crippen molar-refractivity contribution in [3.8, 4) is 0 Å². The van der Waals surface area contributed by atoms with E-state index in [0.717, 1.165) is 33.0 Å². The zero-order valence-corrected chi connectivity index (χ0v) is 20.6. The summed E-state index contributed by atoms with van der Waals surface area (Å²) in [5, 5.41) is 1.81. The van der Waals surface area contributed by atoms with E-state index in [1.807, 2.05) is 117 Å². The summed E-state index contributed by atoms with van der Waals surface area (Å²) in [7, 11) is 0. The van der Waals surface area contributed by atoms with E-state index >= 15 is 0 Å². The Labute approximate surface area is 215 Å². The van der Waals surface area contributed by atoms with Gasteiger partial charge < -0.3 is 0 Å². The van der Waals surface area contributed by atoms with Crippen molar-refractivity contribution in [2.45, 2.75) is 13.8 Å². The number of nitrogens with zero attached hydrogens (tertiary/aromatic N) is 1. The van der Waals surface area contributed by atoms with Crippen LogP contribution in [0.3, 0.4) is 0 Å². The lowest BCUT2D eigenvalue weighted by Crippen LogP contribution is -2.40. The number of imide groups is 1. The number of benzene rings is 4. The SMILES string of the molecule is C[C@]12C(=O)[C@@](C)(C(c3ccccc3)=C1c1ccccc1)[C@@H]1C(=O)N(c3cccc4ccccc34)C(=O)[C@H]12. The molecule has 0 aromatic heterocycles. The molecule has 4 aromatic carbocycles. The number of hydrogen-bond donors (Lipinski definition) is 0. The first-order chi connectivity index (χ1) is 17.9. The molecule has 0 unspecified atom stereocenters. The molecule has 4 heteroatoms. The second-order valence-corrected chi connectivity index (χ2v) is 10.7. The molecule has 4 atom stereocenters. The van der Waals surface area contributed by atoms with Gasteiger partial charge in [0.15, 0.2) is 5.78 Å². The zero-order valence-electron chi connectivity index (χ0n) is 20.6. The largest absolute Gasteiger partial charge is 0.298 e. The number of carbonyl (C=O) groups excluding carboxylic acids is 3. The number of ketones is 1. The molecule has 2 bridgehead atoms. The summed E-state index contributed by atoms with van der Waals surface area (Å²) in [4.78, 5) is 44.3. The topological polar surface area (TPSA) is 54.5 Å². The predicted octanol–water partition coefficient (Wildman–Crippen LogP) is 6.17. The van der Waals surface area contributed by atoms with Crippen molar-refractivity contribution in [3.63, 3.8) is 0 Å². The second kappa shape index (κ2) is 7.36. The molecule has 180 valence electrons. The minimum Gasteiger partial charge on any atom is -0.298 e. The fourth-order valence-corrected chi connectivity index (χ4v) is 7.45. The van der Waals surface area contributed by atoms with Gasteiger partial charge in [-0.15, -0.1) is 0 Å². The average molecular weight is 484 g/mol. The smallest absolute Gasteiger partial charge is 0.239 e.